The van der Waals surface area contributed by atoms with Gasteiger partial charge in [0.1, 0.15) is 11.2 Å². The van der Waals surface area contributed by atoms with Gasteiger partial charge in [0.15, 0.2) is 16.9 Å². The summed E-state index contributed by atoms with van der Waals surface area (Å²) in [5.41, 5.74) is 9.76. The number of nitrogens with zero attached hydrogens (tertiary/aromatic N) is 15. The van der Waals surface area contributed by atoms with Gasteiger partial charge in [-0.2, -0.15) is 0 Å². The monoisotopic (exact) mass is 1760 g/mol. The number of anilines is 3. The second-order valence-corrected chi connectivity index (χ2v) is 36.7. The number of hydrogen-bond acceptors (Lipinski definition) is 28. The number of carboxylic acids is 2. The van der Waals surface area contributed by atoms with Crippen LogP contribution in [-0.2, 0) is 28.4 Å². The maximum absolute atomic E-state index is 12.6. The van der Waals surface area contributed by atoms with Crippen LogP contribution in [0.4, 0.5) is 27.4 Å². The van der Waals surface area contributed by atoms with Gasteiger partial charge in [-0.15, -0.1) is 0 Å². The van der Waals surface area contributed by atoms with Crippen molar-refractivity contribution in [1.82, 2.24) is 68.7 Å². The number of nitrogens with two attached hydrogens (primary N) is 1. The third-order valence-electron chi connectivity index (χ3n) is 23.7. The van der Waals surface area contributed by atoms with Crippen LogP contribution < -0.4 is 49.9 Å². The normalized spacial score (nSPS) is 19.8. The van der Waals surface area contributed by atoms with E-state index >= 15 is 0 Å². The zero-order valence-corrected chi connectivity index (χ0v) is 72.2. The summed E-state index contributed by atoms with van der Waals surface area (Å²) in [6.45, 7) is 23.9. The average Bonchev–Trinajstić information content (AvgIpc) is 1.67. The number of esters is 1. The molecule has 0 saturated carbocycles. The van der Waals surface area contributed by atoms with Crippen LogP contribution in [0.25, 0.3) is 49.7 Å². The first kappa shape index (κ1) is 95.2. The first-order valence-electron chi connectivity index (χ1n) is 40.1. The van der Waals surface area contributed by atoms with Gasteiger partial charge in [0, 0.05) is 167 Å². The smallest absolute Gasteiger partial charge is 0.870 e. The number of carbonyl (C=O) groups is 5. The molecule has 658 valence electrons. The van der Waals surface area contributed by atoms with Crippen molar-refractivity contribution in [3.8, 4) is 0 Å². The van der Waals surface area contributed by atoms with Crippen molar-refractivity contribution in [1.29, 1.82) is 0 Å². The summed E-state index contributed by atoms with van der Waals surface area (Å²) in [5, 5.41) is 27.8. The van der Waals surface area contributed by atoms with Crippen LogP contribution in [0.5, 0.6) is 0 Å². The van der Waals surface area contributed by atoms with Crippen LogP contribution in [0, 0.1) is 16.2 Å². The number of nitrogens with one attached hydrogen (secondary N) is 2. The molecule has 0 bridgehead atoms. The van der Waals surface area contributed by atoms with Gasteiger partial charge in [-0.1, -0.05) is 94.0 Å². The zero-order valence-electron chi connectivity index (χ0n) is 69.8. The van der Waals surface area contributed by atoms with Crippen LogP contribution >= 0.6 is 35.3 Å². The Labute approximate surface area is 750 Å². The van der Waals surface area contributed by atoms with Crippen LogP contribution in [0.1, 0.15) is 154 Å². The molecule has 0 aliphatic carbocycles. The molecular formula is C89H109LiN18O14S3. The number of benzene rings is 3. The molecular weight excluding hydrogens is 1650 g/mol. The minimum absolute atomic E-state index is 0. The van der Waals surface area contributed by atoms with E-state index in [1.807, 2.05) is 148 Å². The first-order valence-corrected chi connectivity index (χ1v) is 42.6. The Morgan fingerprint density at radius 3 is 1.07 bits per heavy atom. The fraction of sp³-hybridized carbons (Fsp3) is 0.438. The van der Waals surface area contributed by atoms with Gasteiger partial charge in [-0.3, -0.25) is 28.2 Å². The fourth-order valence-electron chi connectivity index (χ4n) is 17.5. The standard InChI is InChI=1S/C31H36N6O5S.C30H34N6O5S.C25H26N6O3S.3CH4.Li.H2O/c1-19-25(35-29(39)42-30(2,3)4)31(18-41-19)10-14-36(15-11-31)28-34-17-23(26-33-13-16-37(26)28)43-22-9-12-32-24-20(22)7-6-8-21(24)27(38)40-5;1-18-24(34-28(39)41-29(2,3)4)30(17-40-18)9-13-35(14-10-30)27-33-16-22(25-32-12-15-36(25)27)42-21-8-11-31-23-19(21)6-5-7-20(23)26(37)38;1-15-21(26)25(14-34-15)6-10-30(11-7-25)24-29-13-19(22-28-9-12-31(22)24)35-18-5-8-27-20-16(18)3-2-4-17(20)23(32)33;;;;;/h6-9,12-13,16-17,19,25H,10-11,14-15,18H2,1-5H3,(H,35,39);5-8,11-12,15-16,18,24H,9-10,13-14,17H2,1-4H3,(H,34,39)(H,37,38);2-5,8-9,12-13,15,21H,6-7,10-11,14,26H2,1H3,(H,32,33);3*1H4;;1H2/q;;;;;;+1;/p-1/t19-,25+;18-,24+;15-,21+;;;;;/m000...../s1. The predicted octanol–water partition coefficient (Wildman–Crippen LogP) is 12.3. The molecule has 15 heterocycles. The summed E-state index contributed by atoms with van der Waals surface area (Å²) in [5.74, 6) is 0.0716. The Morgan fingerprint density at radius 1 is 0.448 bits per heavy atom. The van der Waals surface area contributed by atoms with Gasteiger partial charge in [-0.05, 0) is 137 Å². The molecule has 2 amide bonds. The zero-order chi connectivity index (χ0) is 84.2. The molecule has 3 spiro atoms. The Hall–Kier alpha value is -10.5. The Balaban J connectivity index is 0.000000180. The summed E-state index contributed by atoms with van der Waals surface area (Å²) in [6.07, 6.45) is 26.0. The maximum Gasteiger partial charge on any atom is 1.00 e. The molecule has 6 fully saturated rings. The number of fused-ring (bicyclic) bond motifs is 6. The van der Waals surface area contributed by atoms with Crippen molar-refractivity contribution in [3.05, 3.63) is 164 Å². The number of para-hydroxylation sites is 3. The van der Waals surface area contributed by atoms with Gasteiger partial charge < -0.3 is 75.2 Å². The van der Waals surface area contributed by atoms with Gasteiger partial charge in [0.2, 0.25) is 17.8 Å². The number of carbonyl (C=O) groups excluding carboxylic acids is 3. The summed E-state index contributed by atoms with van der Waals surface area (Å²) >= 11 is 4.53. The number of ether oxygens (including phenoxy) is 6. The Bertz CT molecular complexity index is 5900. The molecule has 3 aromatic carbocycles. The number of aromatic carboxylic acids is 2. The summed E-state index contributed by atoms with van der Waals surface area (Å²) < 4.78 is 40.1. The van der Waals surface area contributed by atoms with Crippen molar-refractivity contribution in [3.63, 3.8) is 0 Å². The molecule has 12 aromatic rings. The summed E-state index contributed by atoms with van der Waals surface area (Å²) in [7, 11) is 1.37. The van der Waals surface area contributed by atoms with Gasteiger partial charge >= 0.3 is 49.0 Å². The second kappa shape index (κ2) is 38.8. The van der Waals surface area contributed by atoms with Crippen molar-refractivity contribution < 1.29 is 86.9 Å². The fourth-order valence-corrected chi connectivity index (χ4v) is 20.4. The minimum atomic E-state index is -1.01. The molecule has 6 atom stereocenters. The van der Waals surface area contributed by atoms with E-state index in [1.54, 1.807) is 67.5 Å². The molecule has 6 saturated heterocycles. The SMILES string of the molecule is C.C.C.COC(=O)c1cccc2c(Sc3cnc(N4CCC5(CC4)CO[C@@H](C)[C@H]5NC(=O)OC(C)(C)C)n4ccnc34)ccnc12.C[C@@H]1OCC2(CCN(c3ncc(Sc4ccnc5c(C(=O)O)cccc45)c4nccn34)CC2)[C@@H]1N.C[C@@H]1OCC2(CCN(c3ncc(Sc4ccnc5c(C(=O)O)cccc45)c4nccn34)CC2)[C@@H]1NC(=O)OC(C)(C)C.[Li+].[OH-]. The molecule has 6 aliphatic rings. The van der Waals surface area contributed by atoms with E-state index in [9.17, 15) is 34.2 Å². The molecule has 6 aliphatic heterocycles. The van der Waals surface area contributed by atoms with Crippen molar-refractivity contribution in [2.75, 3.05) is 80.9 Å². The van der Waals surface area contributed by atoms with E-state index in [0.29, 0.717) is 35.3 Å². The number of carboxylic acid groups (broad SMARTS) is 2. The van der Waals surface area contributed by atoms with E-state index in [-0.39, 0.29) is 110 Å². The van der Waals surface area contributed by atoms with Gasteiger partial charge in [0.25, 0.3) is 0 Å². The molecule has 9 aromatic heterocycles. The predicted molar refractivity (Wildman–Crippen MR) is 476 cm³/mol. The summed E-state index contributed by atoms with van der Waals surface area (Å²) in [4.78, 5) is 115. The Kier molecular flexibility index (Phi) is 29.5. The quantitative estimate of drug-likeness (QED) is 0.0383. The second-order valence-electron chi connectivity index (χ2n) is 33.4. The number of rotatable bonds is 14. The minimum Gasteiger partial charge on any atom is -0.870 e. The third-order valence-corrected chi connectivity index (χ3v) is 26.9. The molecule has 0 radical (unpaired) electrons. The number of piperidine rings is 3. The molecule has 7 N–H and O–H groups in total. The van der Waals surface area contributed by atoms with Crippen LogP contribution in [0.15, 0.2) is 177 Å². The Morgan fingerprint density at radius 2 is 0.760 bits per heavy atom. The molecule has 18 rings (SSSR count). The van der Waals surface area contributed by atoms with Crippen LogP contribution in [0.2, 0.25) is 0 Å². The molecule has 0 unspecified atom stereocenters. The van der Waals surface area contributed by atoms with Gasteiger partial charge in [-0.25, -0.2) is 53.9 Å². The van der Waals surface area contributed by atoms with Crippen molar-refractivity contribution in [2.45, 2.75) is 200 Å². The molecule has 32 nitrogen and oxygen atoms in total. The number of hydrogen-bond donors (Lipinski definition) is 5. The van der Waals surface area contributed by atoms with Gasteiger partial charge in [0.05, 0.1) is 105 Å². The van der Waals surface area contributed by atoms with Crippen LogP contribution in [0.3, 0.4) is 0 Å². The number of alkyl carbamates (subject to hydrolysis) is 2. The largest absolute Gasteiger partial charge is 1.00 e. The molecule has 36 heteroatoms. The number of aromatic nitrogens is 12. The summed E-state index contributed by atoms with van der Waals surface area (Å²) in [6, 6.07) is 21.4. The topological polar surface area (TPSA) is 400 Å². The van der Waals surface area contributed by atoms with E-state index < -0.39 is 41.3 Å². The maximum atomic E-state index is 12.6. The molecule has 125 heavy (non-hydrogen) atoms. The third kappa shape index (κ3) is 19.3. The van der Waals surface area contributed by atoms with E-state index in [0.717, 1.165) is 165 Å². The van der Waals surface area contributed by atoms with E-state index in [4.69, 9.17) is 49.1 Å². The van der Waals surface area contributed by atoms with Crippen LogP contribution in [-0.4, -0.2) is 218 Å². The average molecular weight is 1760 g/mol. The van der Waals surface area contributed by atoms with E-state index in [1.165, 1.54) is 42.4 Å². The first-order chi connectivity index (χ1) is 57.6. The number of imidazole rings is 3. The van der Waals surface area contributed by atoms with E-state index in [2.05, 4.69) is 62.2 Å². The van der Waals surface area contributed by atoms with Crippen molar-refractivity contribution >= 4 is 133 Å². The number of methoxy groups -OCH3 is 1. The number of pyridine rings is 3. The van der Waals surface area contributed by atoms with Crippen molar-refractivity contribution in [2.24, 2.45) is 22.0 Å². The number of amides is 2.